The van der Waals surface area contributed by atoms with Gasteiger partial charge in [0.1, 0.15) is 0 Å². The Hall–Kier alpha value is -1.53. The highest BCUT2D eigenvalue weighted by Gasteiger charge is 2.49. The van der Waals surface area contributed by atoms with E-state index >= 15 is 0 Å². The summed E-state index contributed by atoms with van der Waals surface area (Å²) in [7, 11) is 1.75. The van der Waals surface area contributed by atoms with Gasteiger partial charge in [0.05, 0.1) is 16.9 Å². The summed E-state index contributed by atoms with van der Waals surface area (Å²) in [6.45, 7) is 5.57. The number of fused-ring (bicyclic) bond motifs is 1. The number of amides is 1. The topological polar surface area (TPSA) is 44.1 Å². The van der Waals surface area contributed by atoms with Crippen LogP contribution in [0.3, 0.4) is 0 Å². The number of carbonyl (C=O) groups excluding carboxylic acids is 1. The van der Waals surface area contributed by atoms with Gasteiger partial charge >= 0.3 is 0 Å². The van der Waals surface area contributed by atoms with Crippen molar-refractivity contribution in [1.82, 2.24) is 0 Å². The van der Waals surface area contributed by atoms with Crippen LogP contribution in [0, 0.1) is 16.7 Å². The summed E-state index contributed by atoms with van der Waals surface area (Å²) in [5.74, 6) is -0.000995. The predicted octanol–water partition coefficient (Wildman–Crippen LogP) is 3.51. The van der Waals surface area contributed by atoms with Crippen molar-refractivity contribution < 1.29 is 4.79 Å². The Balaban J connectivity index is 2.61. The first-order valence-electron chi connectivity index (χ1n) is 6.21. The molecular weight excluding hydrogens is 260 g/mol. The van der Waals surface area contributed by atoms with Gasteiger partial charge in [0.25, 0.3) is 0 Å². The third kappa shape index (κ3) is 2.01. The van der Waals surface area contributed by atoms with Gasteiger partial charge in [0.2, 0.25) is 5.91 Å². The first-order valence-corrected chi connectivity index (χ1v) is 6.59. The van der Waals surface area contributed by atoms with Crippen LogP contribution in [0.5, 0.6) is 0 Å². The molecule has 3 nitrogen and oxygen atoms in total. The number of rotatable bonds is 2. The Labute approximate surface area is 118 Å². The van der Waals surface area contributed by atoms with Gasteiger partial charge in [-0.25, -0.2) is 0 Å². The molecule has 0 saturated carbocycles. The average molecular weight is 277 g/mol. The lowest BCUT2D eigenvalue weighted by Crippen LogP contribution is -2.39. The van der Waals surface area contributed by atoms with Gasteiger partial charge in [-0.1, -0.05) is 17.7 Å². The van der Waals surface area contributed by atoms with Crippen LogP contribution in [0.4, 0.5) is 5.69 Å². The molecule has 1 heterocycles. The van der Waals surface area contributed by atoms with E-state index in [0.717, 1.165) is 11.3 Å². The molecule has 0 N–H and O–H groups in total. The molecule has 1 aromatic carbocycles. The molecule has 0 radical (unpaired) electrons. The molecule has 1 aromatic rings. The Bertz CT molecular complexity index is 588. The largest absolute Gasteiger partial charge is 0.314 e. The molecule has 0 aliphatic carbocycles. The molecule has 0 aromatic heterocycles. The molecule has 2 rings (SSSR count). The van der Waals surface area contributed by atoms with Crippen LogP contribution < -0.4 is 4.90 Å². The highest BCUT2D eigenvalue weighted by molar-refractivity contribution is 6.33. The number of carbonyl (C=O) groups is 1. The maximum atomic E-state index is 12.6. The number of halogens is 1. The standard InChI is InChI=1S/C15H17ClN2O/c1-14(2,9-17)8-15(3)12-10(16)6-5-7-11(12)18(4)13(15)19/h5-7H,8H2,1-4H3. The zero-order valence-corrected chi connectivity index (χ0v) is 12.4. The second-order valence-corrected chi connectivity index (χ2v) is 6.41. The Morgan fingerprint density at radius 1 is 1.47 bits per heavy atom. The molecule has 0 saturated heterocycles. The zero-order valence-electron chi connectivity index (χ0n) is 11.6. The summed E-state index contributed by atoms with van der Waals surface area (Å²) in [4.78, 5) is 14.2. The van der Waals surface area contributed by atoms with Crippen molar-refractivity contribution in [2.75, 3.05) is 11.9 Å². The molecule has 1 aliphatic rings. The Morgan fingerprint density at radius 3 is 2.68 bits per heavy atom. The highest BCUT2D eigenvalue weighted by atomic mass is 35.5. The maximum absolute atomic E-state index is 12.6. The summed E-state index contributed by atoms with van der Waals surface area (Å²) < 4.78 is 0. The lowest BCUT2D eigenvalue weighted by molar-refractivity contribution is -0.123. The monoisotopic (exact) mass is 276 g/mol. The summed E-state index contributed by atoms with van der Waals surface area (Å²) in [5, 5.41) is 9.82. The molecular formula is C15H17ClN2O. The van der Waals surface area contributed by atoms with E-state index in [1.165, 1.54) is 0 Å². The highest BCUT2D eigenvalue weighted by Crippen LogP contribution is 2.49. The number of hydrogen-bond donors (Lipinski definition) is 0. The van der Waals surface area contributed by atoms with Crippen molar-refractivity contribution in [1.29, 1.82) is 5.26 Å². The lowest BCUT2D eigenvalue weighted by atomic mass is 9.71. The van der Waals surface area contributed by atoms with E-state index < -0.39 is 10.8 Å². The third-order valence-corrected chi connectivity index (χ3v) is 4.09. The molecule has 1 aliphatic heterocycles. The number of hydrogen-bond acceptors (Lipinski definition) is 2. The van der Waals surface area contributed by atoms with Crippen LogP contribution in [0.15, 0.2) is 18.2 Å². The van der Waals surface area contributed by atoms with Gasteiger partial charge in [-0.3, -0.25) is 4.79 Å². The smallest absolute Gasteiger partial charge is 0.237 e. The van der Waals surface area contributed by atoms with E-state index in [1.54, 1.807) is 18.0 Å². The normalized spacial score (nSPS) is 22.3. The molecule has 1 atom stereocenters. The van der Waals surface area contributed by atoms with Gasteiger partial charge in [-0.15, -0.1) is 0 Å². The van der Waals surface area contributed by atoms with E-state index in [-0.39, 0.29) is 5.91 Å². The minimum atomic E-state index is -0.734. The second-order valence-electron chi connectivity index (χ2n) is 6.00. The fourth-order valence-corrected chi connectivity index (χ4v) is 3.39. The van der Waals surface area contributed by atoms with Crippen LogP contribution in [-0.4, -0.2) is 13.0 Å². The van der Waals surface area contributed by atoms with Crippen molar-refractivity contribution in [3.05, 3.63) is 28.8 Å². The van der Waals surface area contributed by atoms with Crippen LogP contribution in [0.25, 0.3) is 0 Å². The number of benzene rings is 1. The molecule has 4 heteroatoms. The molecule has 0 fully saturated rings. The zero-order chi connectivity index (χ0) is 14.4. The third-order valence-electron chi connectivity index (χ3n) is 3.78. The van der Waals surface area contributed by atoms with Gasteiger partial charge in [-0.05, 0) is 39.3 Å². The van der Waals surface area contributed by atoms with E-state index in [2.05, 4.69) is 6.07 Å². The fraction of sp³-hybridized carbons (Fsp3) is 0.467. The quantitative estimate of drug-likeness (QED) is 0.830. The Morgan fingerprint density at radius 2 is 2.11 bits per heavy atom. The van der Waals surface area contributed by atoms with E-state index in [4.69, 9.17) is 11.6 Å². The van der Waals surface area contributed by atoms with Crippen molar-refractivity contribution in [3.63, 3.8) is 0 Å². The predicted molar refractivity (Wildman–Crippen MR) is 76.2 cm³/mol. The van der Waals surface area contributed by atoms with E-state index in [0.29, 0.717) is 11.4 Å². The molecule has 0 spiro atoms. The van der Waals surface area contributed by atoms with E-state index in [9.17, 15) is 10.1 Å². The minimum absolute atomic E-state index is 0.000995. The molecule has 1 amide bonds. The Kier molecular flexibility index (Phi) is 3.10. The first-order chi connectivity index (χ1) is 8.73. The van der Waals surface area contributed by atoms with Crippen LogP contribution in [0.1, 0.15) is 32.8 Å². The molecule has 19 heavy (non-hydrogen) atoms. The van der Waals surface area contributed by atoms with Gasteiger partial charge in [0, 0.05) is 23.3 Å². The molecule has 0 bridgehead atoms. The van der Waals surface area contributed by atoms with Crippen LogP contribution >= 0.6 is 11.6 Å². The summed E-state index contributed by atoms with van der Waals surface area (Å²) in [6.07, 6.45) is 0.455. The van der Waals surface area contributed by atoms with E-state index in [1.807, 2.05) is 32.9 Å². The van der Waals surface area contributed by atoms with Crippen LogP contribution in [0.2, 0.25) is 5.02 Å². The molecule has 100 valence electrons. The first kappa shape index (κ1) is 13.9. The van der Waals surface area contributed by atoms with Gasteiger partial charge in [0.15, 0.2) is 0 Å². The summed E-state index contributed by atoms with van der Waals surface area (Å²) >= 11 is 6.29. The minimum Gasteiger partial charge on any atom is -0.314 e. The maximum Gasteiger partial charge on any atom is 0.237 e. The number of likely N-dealkylation sites (N-methyl/N-ethyl adjacent to an activating group) is 1. The summed E-state index contributed by atoms with van der Waals surface area (Å²) in [5.41, 5.74) is 0.370. The van der Waals surface area contributed by atoms with Gasteiger partial charge < -0.3 is 4.90 Å². The molecule has 1 unspecified atom stereocenters. The van der Waals surface area contributed by atoms with Crippen molar-refractivity contribution in [2.24, 2.45) is 5.41 Å². The van der Waals surface area contributed by atoms with Crippen molar-refractivity contribution in [3.8, 4) is 6.07 Å². The number of anilines is 1. The average Bonchev–Trinajstić information content (AvgIpc) is 2.52. The van der Waals surface area contributed by atoms with Gasteiger partial charge in [-0.2, -0.15) is 5.26 Å². The number of nitrogens with zero attached hydrogens (tertiary/aromatic N) is 2. The second kappa shape index (κ2) is 4.25. The fourth-order valence-electron chi connectivity index (χ4n) is 3.01. The lowest BCUT2D eigenvalue weighted by Gasteiger charge is -2.29. The van der Waals surface area contributed by atoms with Crippen molar-refractivity contribution in [2.45, 2.75) is 32.6 Å². The SMILES string of the molecule is CN1C(=O)C(C)(CC(C)(C)C#N)c2c(Cl)cccc21. The summed E-state index contributed by atoms with van der Waals surface area (Å²) in [6, 6.07) is 7.79. The van der Waals surface area contributed by atoms with Crippen molar-refractivity contribution >= 4 is 23.2 Å². The number of nitriles is 1. The van der Waals surface area contributed by atoms with Crippen LogP contribution in [-0.2, 0) is 10.2 Å².